The van der Waals surface area contributed by atoms with Crippen molar-refractivity contribution in [2.45, 2.75) is 29.7 Å². The van der Waals surface area contributed by atoms with Gasteiger partial charge in [-0.1, -0.05) is 11.8 Å². The van der Waals surface area contributed by atoms with E-state index in [1.54, 1.807) is 4.52 Å². The van der Waals surface area contributed by atoms with Crippen molar-refractivity contribution in [3.8, 4) is 0 Å². The van der Waals surface area contributed by atoms with Crippen LogP contribution < -0.4 is 16.4 Å². The number of anilines is 4. The first-order valence-electron chi connectivity index (χ1n) is 9.44. The lowest BCUT2D eigenvalue weighted by atomic mass is 10.3. The number of nitrogens with one attached hydrogen (secondary N) is 3. The van der Waals surface area contributed by atoms with E-state index in [0.29, 0.717) is 17.4 Å². The van der Waals surface area contributed by atoms with Gasteiger partial charge in [0.25, 0.3) is 0 Å². The van der Waals surface area contributed by atoms with Gasteiger partial charge >= 0.3 is 0 Å². The molecule has 152 valence electrons. The fourth-order valence-electron chi connectivity index (χ4n) is 2.93. The zero-order valence-electron chi connectivity index (χ0n) is 16.1. The Labute approximate surface area is 175 Å². The first-order chi connectivity index (χ1) is 14.5. The molecule has 1 aromatic carbocycles. The van der Waals surface area contributed by atoms with Gasteiger partial charge in [-0.2, -0.15) is 14.6 Å². The smallest absolute Gasteiger partial charge is 0.240 e. The third-order valence-electron chi connectivity index (χ3n) is 4.56. The number of H-pyrrole nitrogens is 1. The third-order valence-corrected chi connectivity index (χ3v) is 5.48. The van der Waals surface area contributed by atoms with E-state index in [2.05, 4.69) is 35.9 Å². The molecule has 5 rings (SSSR count). The molecule has 0 bridgehead atoms. The summed E-state index contributed by atoms with van der Waals surface area (Å²) in [5.41, 5.74) is 8.07. The Bertz CT molecular complexity index is 1230. The van der Waals surface area contributed by atoms with Gasteiger partial charge in [-0.05, 0) is 44.0 Å². The summed E-state index contributed by atoms with van der Waals surface area (Å²) in [5.74, 6) is 1.51. The number of carbonyl (C=O) groups is 1. The summed E-state index contributed by atoms with van der Waals surface area (Å²) in [7, 11) is 0. The molecule has 0 radical (unpaired) electrons. The number of amides is 1. The van der Waals surface area contributed by atoms with Crippen LogP contribution in [0, 0.1) is 12.8 Å². The van der Waals surface area contributed by atoms with Crippen molar-refractivity contribution in [1.29, 1.82) is 0 Å². The van der Waals surface area contributed by atoms with Gasteiger partial charge in [0.15, 0.2) is 11.5 Å². The molecule has 3 aromatic heterocycles. The van der Waals surface area contributed by atoms with Crippen LogP contribution in [-0.2, 0) is 4.79 Å². The minimum atomic E-state index is 0.0937. The Morgan fingerprint density at radius 2 is 2.03 bits per heavy atom. The standard InChI is InChI=1S/C19H19N9OS/c1-10-8-14(26-25-10)22-19-24-16(9-15-23-18(20)27-28(15)19)30-13-6-4-12(5-7-13)21-17(29)11-2-3-11/h4-9,11H,2-3H2,1H3,(H2,20,27)(H,21,29)(H2,22,24,25,26). The van der Waals surface area contributed by atoms with Gasteiger partial charge in [0.1, 0.15) is 5.03 Å². The van der Waals surface area contributed by atoms with Gasteiger partial charge in [0, 0.05) is 34.3 Å². The van der Waals surface area contributed by atoms with Crippen molar-refractivity contribution >= 4 is 46.7 Å². The summed E-state index contributed by atoms with van der Waals surface area (Å²) in [5, 5.41) is 18.1. The zero-order valence-corrected chi connectivity index (χ0v) is 16.9. The van der Waals surface area contributed by atoms with E-state index in [4.69, 9.17) is 5.73 Å². The lowest BCUT2D eigenvalue weighted by molar-refractivity contribution is -0.117. The van der Waals surface area contributed by atoms with E-state index in [0.717, 1.165) is 34.1 Å². The second-order valence-corrected chi connectivity index (χ2v) is 8.20. The normalized spacial score (nSPS) is 13.5. The van der Waals surface area contributed by atoms with Crippen molar-refractivity contribution in [3.63, 3.8) is 0 Å². The number of nitrogens with two attached hydrogens (primary N) is 1. The summed E-state index contributed by atoms with van der Waals surface area (Å²) in [6, 6.07) is 11.4. The van der Waals surface area contributed by atoms with Crippen LogP contribution in [0.4, 0.5) is 23.4 Å². The Hall–Kier alpha value is -3.60. The number of rotatable bonds is 6. The van der Waals surface area contributed by atoms with Crippen molar-refractivity contribution in [1.82, 2.24) is 29.8 Å². The Kier molecular flexibility index (Phi) is 4.51. The van der Waals surface area contributed by atoms with E-state index in [1.165, 1.54) is 11.8 Å². The molecule has 3 heterocycles. The van der Waals surface area contributed by atoms with Gasteiger partial charge in [-0.15, -0.1) is 5.10 Å². The molecular formula is C19H19N9OS. The second kappa shape index (κ2) is 7.34. The average Bonchev–Trinajstić information content (AvgIpc) is 3.39. The number of hydrogen-bond acceptors (Lipinski definition) is 8. The van der Waals surface area contributed by atoms with E-state index >= 15 is 0 Å². The summed E-state index contributed by atoms with van der Waals surface area (Å²) < 4.78 is 1.54. The number of nitrogen functional groups attached to an aromatic ring is 1. The molecule has 4 aromatic rings. The monoisotopic (exact) mass is 421 g/mol. The van der Waals surface area contributed by atoms with Crippen LogP contribution in [0.25, 0.3) is 5.65 Å². The number of aryl methyl sites for hydroxylation is 1. The van der Waals surface area contributed by atoms with Gasteiger partial charge in [0.2, 0.25) is 17.8 Å². The van der Waals surface area contributed by atoms with Crippen LogP contribution in [0.1, 0.15) is 18.5 Å². The fraction of sp³-hybridized carbons (Fsp3) is 0.211. The van der Waals surface area contributed by atoms with Gasteiger partial charge < -0.3 is 16.4 Å². The number of benzene rings is 1. The number of aromatic nitrogens is 6. The molecule has 0 aliphatic heterocycles. The maximum atomic E-state index is 11.9. The lowest BCUT2D eigenvalue weighted by Gasteiger charge is -2.08. The molecule has 0 spiro atoms. The number of carbonyl (C=O) groups excluding carboxylic acids is 1. The predicted molar refractivity (Wildman–Crippen MR) is 114 cm³/mol. The van der Waals surface area contributed by atoms with E-state index in [-0.39, 0.29) is 17.8 Å². The highest BCUT2D eigenvalue weighted by molar-refractivity contribution is 7.99. The minimum absolute atomic E-state index is 0.0937. The minimum Gasteiger partial charge on any atom is -0.366 e. The highest BCUT2D eigenvalue weighted by Gasteiger charge is 2.29. The van der Waals surface area contributed by atoms with Crippen LogP contribution in [0.5, 0.6) is 0 Å². The first-order valence-corrected chi connectivity index (χ1v) is 10.3. The summed E-state index contributed by atoms with van der Waals surface area (Å²) in [4.78, 5) is 21.8. The Morgan fingerprint density at radius 1 is 1.23 bits per heavy atom. The number of hydrogen-bond donors (Lipinski definition) is 4. The zero-order chi connectivity index (χ0) is 20.7. The molecule has 1 amide bonds. The maximum Gasteiger partial charge on any atom is 0.240 e. The van der Waals surface area contributed by atoms with E-state index in [1.807, 2.05) is 43.3 Å². The van der Waals surface area contributed by atoms with Crippen LogP contribution in [-0.4, -0.2) is 35.7 Å². The molecule has 1 saturated carbocycles. The Balaban J connectivity index is 1.39. The lowest BCUT2D eigenvalue weighted by Crippen LogP contribution is -2.12. The molecule has 5 N–H and O–H groups in total. The number of aromatic amines is 1. The van der Waals surface area contributed by atoms with Crippen LogP contribution >= 0.6 is 11.8 Å². The second-order valence-electron chi connectivity index (χ2n) is 7.11. The van der Waals surface area contributed by atoms with E-state index in [9.17, 15) is 4.79 Å². The summed E-state index contributed by atoms with van der Waals surface area (Å²) >= 11 is 1.47. The van der Waals surface area contributed by atoms with Crippen molar-refractivity contribution in [2.24, 2.45) is 5.92 Å². The summed E-state index contributed by atoms with van der Waals surface area (Å²) in [6.45, 7) is 1.91. The maximum absolute atomic E-state index is 11.9. The Morgan fingerprint density at radius 3 is 2.73 bits per heavy atom. The highest BCUT2D eigenvalue weighted by atomic mass is 32.2. The molecule has 11 heteroatoms. The molecule has 0 atom stereocenters. The predicted octanol–water partition coefficient (Wildman–Crippen LogP) is 2.98. The van der Waals surface area contributed by atoms with Gasteiger partial charge in [0.05, 0.1) is 0 Å². The average molecular weight is 421 g/mol. The topological polar surface area (TPSA) is 139 Å². The number of nitrogens with zero attached hydrogens (tertiary/aromatic N) is 5. The fourth-order valence-corrected chi connectivity index (χ4v) is 3.74. The van der Waals surface area contributed by atoms with Crippen molar-refractivity contribution in [2.75, 3.05) is 16.4 Å². The molecule has 10 nitrogen and oxygen atoms in total. The highest BCUT2D eigenvalue weighted by Crippen LogP contribution is 2.32. The van der Waals surface area contributed by atoms with Crippen LogP contribution in [0.2, 0.25) is 0 Å². The molecule has 1 aliphatic carbocycles. The van der Waals surface area contributed by atoms with E-state index < -0.39 is 0 Å². The molecule has 1 fully saturated rings. The first kappa shape index (κ1) is 18.4. The largest absolute Gasteiger partial charge is 0.366 e. The molecule has 0 saturated heterocycles. The van der Waals surface area contributed by atoms with Crippen LogP contribution in [0.15, 0.2) is 46.3 Å². The van der Waals surface area contributed by atoms with Gasteiger partial charge in [-0.25, -0.2) is 4.98 Å². The van der Waals surface area contributed by atoms with Crippen molar-refractivity contribution < 1.29 is 4.79 Å². The molecule has 0 unspecified atom stereocenters. The van der Waals surface area contributed by atoms with Gasteiger partial charge in [-0.3, -0.25) is 9.89 Å². The van der Waals surface area contributed by atoms with Crippen LogP contribution in [0.3, 0.4) is 0 Å². The SMILES string of the molecule is Cc1cc(Nc2nc(Sc3ccc(NC(=O)C4CC4)cc3)cc3nc(N)nn23)n[nH]1. The quantitative estimate of drug-likeness (QED) is 0.349. The molecular weight excluding hydrogens is 402 g/mol. The molecule has 1 aliphatic rings. The number of fused-ring (bicyclic) bond motifs is 1. The third kappa shape index (κ3) is 3.92. The summed E-state index contributed by atoms with van der Waals surface area (Å²) in [6.07, 6.45) is 1.96. The molecule has 30 heavy (non-hydrogen) atoms. The van der Waals surface area contributed by atoms with Crippen molar-refractivity contribution in [3.05, 3.63) is 42.1 Å².